The summed E-state index contributed by atoms with van der Waals surface area (Å²) in [6, 6.07) is 5.81. The number of alkyl halides is 3. The highest BCUT2D eigenvalue weighted by Gasteiger charge is 2.29. The number of hydrogen-bond donors (Lipinski definition) is 1. The van der Waals surface area contributed by atoms with Gasteiger partial charge in [0.2, 0.25) is 0 Å². The van der Waals surface area contributed by atoms with E-state index in [1.807, 2.05) is 0 Å². The first kappa shape index (κ1) is 14.9. The van der Waals surface area contributed by atoms with Gasteiger partial charge in [0, 0.05) is 15.8 Å². The van der Waals surface area contributed by atoms with Crippen molar-refractivity contribution in [1.82, 2.24) is 4.98 Å². The molecule has 0 spiro atoms. The molecule has 1 aromatic carbocycles. The number of thiazole rings is 1. The Morgan fingerprint density at radius 3 is 2.50 bits per heavy atom. The zero-order chi connectivity index (χ0) is 14.8. The monoisotopic (exact) mass is 319 g/mol. The number of halogens is 3. The van der Waals surface area contributed by atoms with Crippen LogP contribution in [0.3, 0.4) is 0 Å². The number of carbonyl (C=O) groups is 1. The van der Waals surface area contributed by atoms with Gasteiger partial charge in [-0.3, -0.25) is 4.79 Å². The molecule has 0 bridgehead atoms. The van der Waals surface area contributed by atoms with Crippen LogP contribution >= 0.6 is 23.1 Å². The molecule has 106 valence electrons. The van der Waals surface area contributed by atoms with Crippen LogP contribution in [0, 0.1) is 0 Å². The molecular formula is C12H8F3NO2S2. The van der Waals surface area contributed by atoms with E-state index < -0.39 is 11.5 Å². The van der Waals surface area contributed by atoms with Crippen molar-refractivity contribution in [3.05, 3.63) is 35.3 Å². The summed E-state index contributed by atoms with van der Waals surface area (Å²) in [5, 5.41) is 10.9. The zero-order valence-corrected chi connectivity index (χ0v) is 11.5. The molecule has 3 nitrogen and oxygen atoms in total. The van der Waals surface area contributed by atoms with Crippen LogP contribution in [0.25, 0.3) is 10.6 Å². The molecule has 0 aliphatic rings. The molecule has 0 atom stereocenters. The average Bonchev–Trinajstić information content (AvgIpc) is 2.75. The fourth-order valence-electron chi connectivity index (χ4n) is 1.47. The fraction of sp³-hybridized carbons (Fsp3) is 0.167. The topological polar surface area (TPSA) is 50.2 Å². The average molecular weight is 319 g/mol. The third-order valence-corrected chi connectivity index (χ3v) is 3.90. The third-order valence-electron chi connectivity index (χ3n) is 2.22. The molecule has 1 aromatic heterocycles. The van der Waals surface area contributed by atoms with Crippen LogP contribution < -0.4 is 0 Å². The van der Waals surface area contributed by atoms with E-state index in [2.05, 4.69) is 4.98 Å². The Morgan fingerprint density at radius 2 is 1.95 bits per heavy atom. The van der Waals surface area contributed by atoms with Crippen molar-refractivity contribution < 1.29 is 23.1 Å². The van der Waals surface area contributed by atoms with Crippen LogP contribution in [-0.4, -0.2) is 21.6 Å². The maximum absolute atomic E-state index is 12.2. The van der Waals surface area contributed by atoms with E-state index in [0.717, 1.165) is 0 Å². The van der Waals surface area contributed by atoms with E-state index in [1.54, 1.807) is 5.38 Å². The molecule has 1 N–H and O–H groups in total. The zero-order valence-electron chi connectivity index (χ0n) is 9.85. The summed E-state index contributed by atoms with van der Waals surface area (Å²) in [5.74, 6) is -0.973. The Labute approximate surface area is 120 Å². The van der Waals surface area contributed by atoms with Crippen LogP contribution in [0.5, 0.6) is 0 Å². The van der Waals surface area contributed by atoms with Crippen molar-refractivity contribution >= 4 is 29.1 Å². The number of benzene rings is 1. The van der Waals surface area contributed by atoms with E-state index in [0.29, 0.717) is 16.3 Å². The lowest BCUT2D eigenvalue weighted by Gasteiger charge is -2.05. The van der Waals surface area contributed by atoms with E-state index in [1.165, 1.54) is 35.6 Å². The van der Waals surface area contributed by atoms with Crippen LogP contribution in [-0.2, 0) is 11.2 Å². The Balaban J connectivity index is 2.13. The summed E-state index contributed by atoms with van der Waals surface area (Å²) in [5.41, 5.74) is -3.21. The minimum absolute atomic E-state index is 0.101. The maximum Gasteiger partial charge on any atom is 0.446 e. The Morgan fingerprint density at radius 1 is 1.30 bits per heavy atom. The summed E-state index contributed by atoms with van der Waals surface area (Å²) >= 11 is 1.08. The summed E-state index contributed by atoms with van der Waals surface area (Å²) in [6.07, 6.45) is -0.168. The summed E-state index contributed by atoms with van der Waals surface area (Å²) < 4.78 is 36.6. The van der Waals surface area contributed by atoms with E-state index in [-0.39, 0.29) is 23.1 Å². The molecule has 8 heteroatoms. The van der Waals surface area contributed by atoms with Crippen molar-refractivity contribution in [3.8, 4) is 10.6 Å². The lowest BCUT2D eigenvalue weighted by Crippen LogP contribution is -2.00. The van der Waals surface area contributed by atoms with Crippen molar-refractivity contribution in [2.45, 2.75) is 16.8 Å². The van der Waals surface area contributed by atoms with Gasteiger partial charge in [0.05, 0.1) is 12.1 Å². The van der Waals surface area contributed by atoms with Gasteiger partial charge in [-0.25, -0.2) is 4.98 Å². The van der Waals surface area contributed by atoms with Crippen molar-refractivity contribution in [2.75, 3.05) is 0 Å². The minimum atomic E-state index is -4.31. The summed E-state index contributed by atoms with van der Waals surface area (Å²) in [4.78, 5) is 14.8. The predicted molar refractivity (Wildman–Crippen MR) is 70.8 cm³/mol. The molecule has 0 radical (unpaired) electrons. The molecule has 0 saturated carbocycles. The SMILES string of the molecule is O=C(O)Cc1csc(-c2ccc(SC(F)(F)F)cc2)n1. The van der Waals surface area contributed by atoms with E-state index in [9.17, 15) is 18.0 Å². The molecule has 2 rings (SSSR count). The van der Waals surface area contributed by atoms with Crippen molar-refractivity contribution in [2.24, 2.45) is 0 Å². The van der Waals surface area contributed by atoms with Gasteiger partial charge < -0.3 is 5.11 Å². The number of nitrogens with zero attached hydrogens (tertiary/aromatic N) is 1. The van der Waals surface area contributed by atoms with Crippen LogP contribution in [0.1, 0.15) is 5.69 Å². The molecular weight excluding hydrogens is 311 g/mol. The second-order valence-electron chi connectivity index (χ2n) is 3.79. The molecule has 0 saturated heterocycles. The Kier molecular flexibility index (Phi) is 4.34. The third kappa shape index (κ3) is 4.24. The van der Waals surface area contributed by atoms with Gasteiger partial charge >= 0.3 is 11.5 Å². The summed E-state index contributed by atoms with van der Waals surface area (Å²) in [6.45, 7) is 0. The van der Waals surface area contributed by atoms with Crippen LogP contribution in [0.2, 0.25) is 0 Å². The number of carboxylic acids is 1. The normalized spacial score (nSPS) is 11.6. The molecule has 1 heterocycles. The first-order valence-corrected chi connectivity index (χ1v) is 7.05. The number of hydrogen-bond acceptors (Lipinski definition) is 4. The smallest absolute Gasteiger partial charge is 0.446 e. The number of rotatable bonds is 4. The second kappa shape index (κ2) is 5.84. The quantitative estimate of drug-likeness (QED) is 0.864. The maximum atomic E-state index is 12.2. The largest absolute Gasteiger partial charge is 0.481 e. The minimum Gasteiger partial charge on any atom is -0.481 e. The number of thioether (sulfide) groups is 1. The lowest BCUT2D eigenvalue weighted by molar-refractivity contribution is -0.136. The highest BCUT2D eigenvalue weighted by Crippen LogP contribution is 2.37. The van der Waals surface area contributed by atoms with Gasteiger partial charge in [-0.2, -0.15) is 13.2 Å². The Bertz CT molecular complexity index is 608. The Hall–Kier alpha value is -1.54. The first-order chi connectivity index (χ1) is 9.33. The summed E-state index contributed by atoms with van der Waals surface area (Å²) in [7, 11) is 0. The highest BCUT2D eigenvalue weighted by atomic mass is 32.2. The number of aliphatic carboxylic acids is 1. The predicted octanol–water partition coefficient (Wildman–Crippen LogP) is 4.05. The molecule has 0 unspecified atom stereocenters. The van der Waals surface area contributed by atoms with Gasteiger partial charge in [-0.05, 0) is 23.9 Å². The van der Waals surface area contributed by atoms with Gasteiger partial charge in [-0.15, -0.1) is 11.3 Å². The van der Waals surface area contributed by atoms with Gasteiger partial charge in [-0.1, -0.05) is 12.1 Å². The molecule has 20 heavy (non-hydrogen) atoms. The van der Waals surface area contributed by atoms with E-state index in [4.69, 9.17) is 5.11 Å². The molecule has 2 aromatic rings. The van der Waals surface area contributed by atoms with E-state index >= 15 is 0 Å². The van der Waals surface area contributed by atoms with Gasteiger partial charge in [0.25, 0.3) is 0 Å². The van der Waals surface area contributed by atoms with Crippen molar-refractivity contribution in [3.63, 3.8) is 0 Å². The highest BCUT2D eigenvalue weighted by molar-refractivity contribution is 8.00. The van der Waals surface area contributed by atoms with Crippen molar-refractivity contribution in [1.29, 1.82) is 0 Å². The second-order valence-corrected chi connectivity index (χ2v) is 5.78. The van der Waals surface area contributed by atoms with Crippen LogP contribution in [0.15, 0.2) is 34.5 Å². The van der Waals surface area contributed by atoms with Gasteiger partial charge in [0.1, 0.15) is 5.01 Å². The van der Waals surface area contributed by atoms with Crippen LogP contribution in [0.4, 0.5) is 13.2 Å². The lowest BCUT2D eigenvalue weighted by atomic mass is 10.2. The first-order valence-electron chi connectivity index (χ1n) is 5.36. The fourth-order valence-corrected chi connectivity index (χ4v) is 2.84. The molecule has 0 aliphatic carbocycles. The van der Waals surface area contributed by atoms with Gasteiger partial charge in [0.15, 0.2) is 0 Å². The molecule has 0 amide bonds. The molecule has 0 aliphatic heterocycles. The number of carboxylic acid groups (broad SMARTS) is 1. The number of aromatic nitrogens is 1. The standard InChI is InChI=1S/C12H8F3NO2S2/c13-12(14,15)20-9-3-1-7(2-4-9)11-16-8(6-19-11)5-10(17)18/h1-4,6H,5H2,(H,17,18). The molecule has 0 fully saturated rings.